The van der Waals surface area contributed by atoms with Gasteiger partial charge >= 0.3 is 0 Å². The molecule has 0 spiro atoms. The molecule has 0 fully saturated rings. The first-order chi connectivity index (χ1) is 14.3. The third-order valence-corrected chi connectivity index (χ3v) is 5.23. The molecule has 29 heavy (non-hydrogen) atoms. The summed E-state index contributed by atoms with van der Waals surface area (Å²) in [5.41, 5.74) is 3.05. The maximum absolute atomic E-state index is 9.11. The lowest BCUT2D eigenvalue weighted by atomic mass is 10.1. The molecule has 2 N–H and O–H groups in total. The van der Waals surface area contributed by atoms with E-state index in [0.717, 1.165) is 42.5 Å². The van der Waals surface area contributed by atoms with E-state index in [2.05, 4.69) is 22.6 Å². The molecular formula is C23H25N3O3. The lowest BCUT2D eigenvalue weighted by Gasteiger charge is -2.15. The zero-order chi connectivity index (χ0) is 20.1. The van der Waals surface area contributed by atoms with Crippen LogP contribution in [0.4, 0.5) is 0 Å². The molecule has 1 aromatic heterocycles. The first kappa shape index (κ1) is 19.2. The van der Waals surface area contributed by atoms with Crippen LogP contribution < -0.4 is 19.5 Å². The smallest absolute Gasteiger partial charge is 0.203 e. The Bertz CT molecular complexity index is 1020. The summed E-state index contributed by atoms with van der Waals surface area (Å²) in [4.78, 5) is 3.29. The van der Waals surface area contributed by atoms with Gasteiger partial charge in [0.25, 0.3) is 0 Å². The number of hydrogen-bond donors (Lipinski definition) is 2. The van der Waals surface area contributed by atoms with Crippen molar-refractivity contribution in [2.75, 3.05) is 26.9 Å². The van der Waals surface area contributed by atoms with Gasteiger partial charge in [-0.2, -0.15) is 5.26 Å². The molecule has 3 aromatic rings. The molecular weight excluding hydrogens is 366 g/mol. The van der Waals surface area contributed by atoms with Crippen molar-refractivity contribution in [2.45, 2.75) is 25.3 Å². The molecule has 0 radical (unpaired) electrons. The number of ether oxygens (including phenoxy) is 3. The number of H-pyrrole nitrogens is 1. The minimum absolute atomic E-state index is 0.137. The molecule has 2 heterocycles. The zero-order valence-electron chi connectivity index (χ0n) is 16.5. The summed E-state index contributed by atoms with van der Waals surface area (Å²) in [6, 6.07) is 13.8. The minimum Gasteiger partial charge on any atom is -0.493 e. The average molecular weight is 391 g/mol. The van der Waals surface area contributed by atoms with E-state index in [-0.39, 0.29) is 6.04 Å². The SMILES string of the molecule is COc1cccc2c1OCC(NCCCCc1c[nH]c3ccc(C#N)cc13)CO2. The number of hydrogen-bond acceptors (Lipinski definition) is 5. The Morgan fingerprint density at radius 2 is 2.10 bits per heavy atom. The number of methoxy groups -OCH3 is 1. The number of aryl methyl sites for hydroxylation is 1. The molecule has 1 aliphatic heterocycles. The molecule has 1 aliphatic rings. The largest absolute Gasteiger partial charge is 0.493 e. The van der Waals surface area contributed by atoms with Crippen molar-refractivity contribution in [1.29, 1.82) is 5.26 Å². The highest BCUT2D eigenvalue weighted by Gasteiger charge is 2.20. The number of rotatable bonds is 7. The quantitative estimate of drug-likeness (QED) is 0.599. The molecule has 4 rings (SSSR count). The molecule has 150 valence electrons. The van der Waals surface area contributed by atoms with Crippen LogP contribution >= 0.6 is 0 Å². The lowest BCUT2D eigenvalue weighted by Crippen LogP contribution is -2.39. The van der Waals surface area contributed by atoms with Crippen LogP contribution in [-0.4, -0.2) is 37.9 Å². The van der Waals surface area contributed by atoms with E-state index in [1.165, 1.54) is 5.56 Å². The Morgan fingerprint density at radius 3 is 2.97 bits per heavy atom. The van der Waals surface area contributed by atoms with Gasteiger partial charge < -0.3 is 24.5 Å². The minimum atomic E-state index is 0.137. The van der Waals surface area contributed by atoms with Crippen LogP contribution in [-0.2, 0) is 6.42 Å². The Kier molecular flexibility index (Phi) is 5.87. The van der Waals surface area contributed by atoms with E-state index in [9.17, 15) is 0 Å². The Hall–Kier alpha value is -3.17. The number of unbranched alkanes of at least 4 members (excludes halogenated alkanes) is 1. The van der Waals surface area contributed by atoms with Gasteiger partial charge in [0, 0.05) is 17.1 Å². The summed E-state index contributed by atoms with van der Waals surface area (Å²) in [5.74, 6) is 2.10. The van der Waals surface area contributed by atoms with Crippen LogP contribution in [0, 0.1) is 11.3 Å². The molecule has 1 unspecified atom stereocenters. The Labute approximate surface area is 170 Å². The Balaban J connectivity index is 1.24. The third-order valence-electron chi connectivity index (χ3n) is 5.23. The number of nitriles is 1. The number of aromatic amines is 1. The van der Waals surface area contributed by atoms with Crippen LogP contribution in [0.15, 0.2) is 42.6 Å². The molecule has 6 heteroatoms. The van der Waals surface area contributed by atoms with Crippen molar-refractivity contribution in [2.24, 2.45) is 0 Å². The van der Waals surface area contributed by atoms with E-state index < -0.39 is 0 Å². The second-order valence-corrected chi connectivity index (χ2v) is 7.20. The van der Waals surface area contributed by atoms with Crippen LogP contribution in [0.5, 0.6) is 17.2 Å². The summed E-state index contributed by atoms with van der Waals surface area (Å²) in [6.07, 6.45) is 5.16. The molecule has 0 saturated carbocycles. The van der Waals surface area contributed by atoms with E-state index in [4.69, 9.17) is 19.5 Å². The highest BCUT2D eigenvalue weighted by Crippen LogP contribution is 2.38. The number of aromatic nitrogens is 1. The highest BCUT2D eigenvalue weighted by molar-refractivity contribution is 5.84. The number of para-hydroxylation sites is 1. The van der Waals surface area contributed by atoms with Gasteiger partial charge in [0.2, 0.25) is 5.75 Å². The molecule has 2 aromatic carbocycles. The van der Waals surface area contributed by atoms with Crippen molar-refractivity contribution in [3.8, 4) is 23.3 Å². The fourth-order valence-corrected chi connectivity index (χ4v) is 3.65. The summed E-state index contributed by atoms with van der Waals surface area (Å²) < 4.78 is 17.2. The van der Waals surface area contributed by atoms with Gasteiger partial charge in [-0.15, -0.1) is 0 Å². The topological polar surface area (TPSA) is 79.3 Å². The highest BCUT2D eigenvalue weighted by atomic mass is 16.5. The van der Waals surface area contributed by atoms with E-state index >= 15 is 0 Å². The number of nitrogens with one attached hydrogen (secondary N) is 2. The van der Waals surface area contributed by atoms with Gasteiger partial charge in [0.15, 0.2) is 11.5 Å². The van der Waals surface area contributed by atoms with Gasteiger partial charge in [0.05, 0.1) is 24.8 Å². The molecule has 0 aliphatic carbocycles. The molecule has 0 bridgehead atoms. The fraction of sp³-hybridized carbons (Fsp3) is 0.348. The van der Waals surface area contributed by atoms with Crippen molar-refractivity contribution in [1.82, 2.24) is 10.3 Å². The monoisotopic (exact) mass is 391 g/mol. The van der Waals surface area contributed by atoms with Crippen LogP contribution in [0.1, 0.15) is 24.0 Å². The van der Waals surface area contributed by atoms with Crippen LogP contribution in [0.25, 0.3) is 10.9 Å². The van der Waals surface area contributed by atoms with Crippen molar-refractivity contribution in [3.05, 3.63) is 53.7 Å². The van der Waals surface area contributed by atoms with Crippen molar-refractivity contribution < 1.29 is 14.2 Å². The predicted octanol–water partition coefficient (Wildman–Crippen LogP) is 3.80. The summed E-state index contributed by atoms with van der Waals surface area (Å²) in [6.45, 7) is 2.02. The van der Waals surface area contributed by atoms with E-state index in [0.29, 0.717) is 30.3 Å². The van der Waals surface area contributed by atoms with Gasteiger partial charge in [-0.25, -0.2) is 0 Å². The molecule has 6 nitrogen and oxygen atoms in total. The van der Waals surface area contributed by atoms with Crippen LogP contribution in [0.3, 0.4) is 0 Å². The average Bonchev–Trinajstić information content (AvgIpc) is 3.04. The summed E-state index contributed by atoms with van der Waals surface area (Å²) >= 11 is 0. The predicted molar refractivity (Wildman–Crippen MR) is 112 cm³/mol. The van der Waals surface area contributed by atoms with E-state index in [1.807, 2.05) is 36.4 Å². The maximum atomic E-state index is 9.11. The fourth-order valence-electron chi connectivity index (χ4n) is 3.65. The first-order valence-corrected chi connectivity index (χ1v) is 9.94. The number of nitrogens with zero attached hydrogens (tertiary/aromatic N) is 1. The second kappa shape index (κ2) is 8.89. The van der Waals surface area contributed by atoms with Gasteiger partial charge in [-0.1, -0.05) is 6.07 Å². The van der Waals surface area contributed by atoms with Gasteiger partial charge in [-0.05, 0) is 61.7 Å². The first-order valence-electron chi connectivity index (χ1n) is 9.94. The second-order valence-electron chi connectivity index (χ2n) is 7.20. The molecule has 0 saturated heterocycles. The van der Waals surface area contributed by atoms with Gasteiger partial charge in [0.1, 0.15) is 13.2 Å². The van der Waals surface area contributed by atoms with Crippen molar-refractivity contribution in [3.63, 3.8) is 0 Å². The summed E-state index contributed by atoms with van der Waals surface area (Å²) in [7, 11) is 1.63. The summed E-state index contributed by atoms with van der Waals surface area (Å²) in [5, 5.41) is 13.8. The maximum Gasteiger partial charge on any atom is 0.203 e. The lowest BCUT2D eigenvalue weighted by molar-refractivity contribution is 0.231. The zero-order valence-corrected chi connectivity index (χ0v) is 16.5. The van der Waals surface area contributed by atoms with Gasteiger partial charge in [-0.3, -0.25) is 0 Å². The molecule has 1 atom stereocenters. The van der Waals surface area contributed by atoms with Crippen LogP contribution in [0.2, 0.25) is 0 Å². The molecule has 0 amide bonds. The van der Waals surface area contributed by atoms with E-state index in [1.54, 1.807) is 7.11 Å². The Morgan fingerprint density at radius 1 is 1.21 bits per heavy atom. The number of fused-ring (bicyclic) bond motifs is 2. The standard InChI is InChI=1S/C23H25N3O3/c1-27-21-6-4-7-22-23(21)29-15-18(14-28-22)25-10-3-2-5-17-13-26-20-9-8-16(12-24)11-19(17)20/h4,6-9,11,13,18,25-26H,2-3,5,10,14-15H2,1H3. The van der Waals surface area contributed by atoms with Crippen molar-refractivity contribution >= 4 is 10.9 Å². The normalized spacial score (nSPS) is 15.7. The number of benzene rings is 2. The third kappa shape index (κ3) is 4.30.